The standard InChI is InChI=1S/C20H18N2O3/c1-22-13-5-8-18(20(22)24)19(23)21-16-9-11-17(12-10-16)25-14-15-6-3-2-4-7-15/h2-13H,14H2,1H3,(H,21,23). The van der Waals surface area contributed by atoms with Crippen LogP contribution in [0.25, 0.3) is 0 Å². The molecule has 0 unspecified atom stereocenters. The number of nitrogens with zero attached hydrogens (tertiary/aromatic N) is 1. The van der Waals surface area contributed by atoms with Gasteiger partial charge in [-0.15, -0.1) is 0 Å². The number of ether oxygens (including phenoxy) is 1. The van der Waals surface area contributed by atoms with E-state index in [0.717, 1.165) is 5.56 Å². The normalized spacial score (nSPS) is 10.3. The number of hydrogen-bond acceptors (Lipinski definition) is 3. The van der Waals surface area contributed by atoms with Crippen LogP contribution in [0.5, 0.6) is 5.75 Å². The second kappa shape index (κ2) is 7.49. The topological polar surface area (TPSA) is 60.3 Å². The Kier molecular flexibility index (Phi) is 4.95. The maximum absolute atomic E-state index is 12.2. The largest absolute Gasteiger partial charge is 0.489 e. The van der Waals surface area contributed by atoms with Gasteiger partial charge in [0.1, 0.15) is 17.9 Å². The Morgan fingerprint density at radius 2 is 1.72 bits per heavy atom. The van der Waals surface area contributed by atoms with Gasteiger partial charge in [0, 0.05) is 18.9 Å². The van der Waals surface area contributed by atoms with Gasteiger partial charge in [-0.2, -0.15) is 0 Å². The molecule has 126 valence electrons. The van der Waals surface area contributed by atoms with Crippen molar-refractivity contribution >= 4 is 11.6 Å². The lowest BCUT2D eigenvalue weighted by atomic mass is 10.2. The van der Waals surface area contributed by atoms with Crippen molar-refractivity contribution < 1.29 is 9.53 Å². The van der Waals surface area contributed by atoms with E-state index in [-0.39, 0.29) is 11.1 Å². The zero-order valence-corrected chi connectivity index (χ0v) is 13.8. The molecule has 2 aromatic carbocycles. The van der Waals surface area contributed by atoms with Crippen LogP contribution in [0, 0.1) is 0 Å². The first kappa shape index (κ1) is 16.5. The maximum atomic E-state index is 12.2. The molecule has 0 radical (unpaired) electrons. The summed E-state index contributed by atoms with van der Waals surface area (Å²) in [5.41, 5.74) is 1.46. The molecule has 0 aliphatic rings. The van der Waals surface area contributed by atoms with Gasteiger partial charge in [-0.25, -0.2) is 0 Å². The minimum atomic E-state index is -0.431. The van der Waals surface area contributed by atoms with Crippen molar-refractivity contribution in [2.24, 2.45) is 7.05 Å². The van der Waals surface area contributed by atoms with Crippen LogP contribution in [0.4, 0.5) is 5.69 Å². The molecule has 3 aromatic rings. The second-order valence-electron chi connectivity index (χ2n) is 5.59. The van der Waals surface area contributed by atoms with Gasteiger partial charge < -0.3 is 14.6 Å². The van der Waals surface area contributed by atoms with E-state index >= 15 is 0 Å². The smallest absolute Gasteiger partial charge is 0.263 e. The van der Waals surface area contributed by atoms with Crippen molar-refractivity contribution in [2.75, 3.05) is 5.32 Å². The quantitative estimate of drug-likeness (QED) is 0.779. The van der Waals surface area contributed by atoms with Crippen LogP contribution in [0.3, 0.4) is 0 Å². The number of amides is 1. The second-order valence-corrected chi connectivity index (χ2v) is 5.59. The molecule has 5 nitrogen and oxygen atoms in total. The minimum absolute atomic E-state index is 0.106. The van der Waals surface area contributed by atoms with Crippen LogP contribution in [0.1, 0.15) is 15.9 Å². The van der Waals surface area contributed by atoms with E-state index in [1.165, 1.54) is 10.6 Å². The van der Waals surface area contributed by atoms with E-state index < -0.39 is 5.91 Å². The molecule has 0 spiro atoms. The van der Waals surface area contributed by atoms with Crippen LogP contribution in [-0.2, 0) is 13.7 Å². The summed E-state index contributed by atoms with van der Waals surface area (Å²) in [5, 5.41) is 2.72. The third-order valence-electron chi connectivity index (χ3n) is 3.73. The van der Waals surface area contributed by atoms with Crippen LogP contribution in [-0.4, -0.2) is 10.5 Å². The number of carbonyl (C=O) groups excluding carboxylic acids is 1. The fourth-order valence-electron chi connectivity index (χ4n) is 2.34. The average Bonchev–Trinajstić information content (AvgIpc) is 2.64. The zero-order valence-electron chi connectivity index (χ0n) is 13.8. The van der Waals surface area contributed by atoms with Crippen molar-refractivity contribution in [3.05, 3.63) is 94.4 Å². The van der Waals surface area contributed by atoms with Crippen LogP contribution >= 0.6 is 0 Å². The highest BCUT2D eigenvalue weighted by Gasteiger charge is 2.11. The van der Waals surface area contributed by atoms with E-state index in [1.54, 1.807) is 43.6 Å². The Hall–Kier alpha value is -3.34. The highest BCUT2D eigenvalue weighted by atomic mass is 16.5. The monoisotopic (exact) mass is 334 g/mol. The summed E-state index contributed by atoms with van der Waals surface area (Å²) in [6, 6.07) is 20.1. The maximum Gasteiger partial charge on any atom is 0.263 e. The number of hydrogen-bond donors (Lipinski definition) is 1. The van der Waals surface area contributed by atoms with Gasteiger partial charge in [0.05, 0.1) is 0 Å². The molecule has 3 rings (SSSR count). The summed E-state index contributed by atoms with van der Waals surface area (Å²) in [7, 11) is 1.61. The van der Waals surface area contributed by atoms with Crippen LogP contribution < -0.4 is 15.6 Å². The molecule has 0 atom stereocenters. The average molecular weight is 334 g/mol. The molecule has 0 aliphatic carbocycles. The molecule has 0 bridgehead atoms. The van der Waals surface area contributed by atoms with Gasteiger partial charge in [0.15, 0.2) is 0 Å². The van der Waals surface area contributed by atoms with Crippen molar-refractivity contribution in [1.29, 1.82) is 0 Å². The van der Waals surface area contributed by atoms with Crippen molar-refractivity contribution in [2.45, 2.75) is 6.61 Å². The van der Waals surface area contributed by atoms with Crippen LogP contribution in [0.15, 0.2) is 77.7 Å². The third-order valence-corrected chi connectivity index (χ3v) is 3.73. The summed E-state index contributed by atoms with van der Waals surface area (Å²) < 4.78 is 7.08. The van der Waals surface area contributed by atoms with Gasteiger partial charge in [0.2, 0.25) is 0 Å². The molecule has 0 aliphatic heterocycles. The Morgan fingerprint density at radius 1 is 1.00 bits per heavy atom. The summed E-state index contributed by atoms with van der Waals surface area (Å²) in [6.07, 6.45) is 1.61. The molecule has 1 N–H and O–H groups in total. The highest BCUT2D eigenvalue weighted by Crippen LogP contribution is 2.17. The number of aryl methyl sites for hydroxylation is 1. The van der Waals surface area contributed by atoms with Crippen molar-refractivity contribution in [1.82, 2.24) is 4.57 Å². The number of anilines is 1. The molecule has 5 heteroatoms. The number of pyridine rings is 1. The first-order valence-electron chi connectivity index (χ1n) is 7.87. The Labute approximate surface area is 145 Å². The van der Waals surface area contributed by atoms with E-state index in [0.29, 0.717) is 18.0 Å². The number of rotatable bonds is 5. The van der Waals surface area contributed by atoms with Crippen LogP contribution in [0.2, 0.25) is 0 Å². The first-order chi connectivity index (χ1) is 12.1. The molecule has 0 saturated carbocycles. The number of carbonyl (C=O) groups is 1. The lowest BCUT2D eigenvalue weighted by Crippen LogP contribution is -2.26. The first-order valence-corrected chi connectivity index (χ1v) is 7.87. The lowest BCUT2D eigenvalue weighted by Gasteiger charge is -2.09. The van der Waals surface area contributed by atoms with Crippen molar-refractivity contribution in [3.63, 3.8) is 0 Å². The van der Waals surface area contributed by atoms with Gasteiger partial charge in [0.25, 0.3) is 11.5 Å². The number of aromatic nitrogens is 1. The number of nitrogens with one attached hydrogen (secondary N) is 1. The molecule has 1 amide bonds. The van der Waals surface area contributed by atoms with Crippen molar-refractivity contribution in [3.8, 4) is 5.75 Å². The van der Waals surface area contributed by atoms with Gasteiger partial charge in [-0.05, 0) is 42.0 Å². The van der Waals surface area contributed by atoms with E-state index in [2.05, 4.69) is 5.32 Å². The third kappa shape index (κ3) is 4.14. The van der Waals surface area contributed by atoms with E-state index in [1.807, 2.05) is 30.3 Å². The molecule has 25 heavy (non-hydrogen) atoms. The van der Waals surface area contributed by atoms with Gasteiger partial charge in [-0.1, -0.05) is 30.3 Å². The van der Waals surface area contributed by atoms with Gasteiger partial charge in [-0.3, -0.25) is 9.59 Å². The Balaban J connectivity index is 1.63. The predicted molar refractivity (Wildman–Crippen MR) is 96.9 cm³/mol. The summed E-state index contributed by atoms with van der Waals surface area (Å²) in [4.78, 5) is 24.2. The summed E-state index contributed by atoms with van der Waals surface area (Å²) >= 11 is 0. The Bertz CT molecular complexity index is 916. The predicted octanol–water partition coefficient (Wildman–Crippen LogP) is 3.22. The van der Waals surface area contributed by atoms with E-state index in [4.69, 9.17) is 4.74 Å². The van der Waals surface area contributed by atoms with Gasteiger partial charge >= 0.3 is 0 Å². The number of benzene rings is 2. The minimum Gasteiger partial charge on any atom is -0.489 e. The molecule has 1 aromatic heterocycles. The molecular weight excluding hydrogens is 316 g/mol. The molecule has 1 heterocycles. The zero-order chi connectivity index (χ0) is 17.6. The molecular formula is C20H18N2O3. The molecule has 0 fully saturated rings. The lowest BCUT2D eigenvalue weighted by molar-refractivity contribution is 0.102. The Morgan fingerprint density at radius 3 is 2.44 bits per heavy atom. The SMILES string of the molecule is Cn1cccc(C(=O)Nc2ccc(OCc3ccccc3)cc2)c1=O. The van der Waals surface area contributed by atoms with E-state index in [9.17, 15) is 9.59 Å². The summed E-state index contributed by atoms with van der Waals surface area (Å²) in [5.74, 6) is 0.275. The summed E-state index contributed by atoms with van der Waals surface area (Å²) in [6.45, 7) is 0.479. The molecule has 0 saturated heterocycles. The fourth-order valence-corrected chi connectivity index (χ4v) is 2.34. The fraction of sp³-hybridized carbons (Fsp3) is 0.100. The highest BCUT2D eigenvalue weighted by molar-refractivity contribution is 6.03.